The summed E-state index contributed by atoms with van der Waals surface area (Å²) in [5, 5.41) is 4.05. The second-order valence-electron chi connectivity index (χ2n) is 5.33. The molecule has 1 fully saturated rings. The molecule has 1 aliphatic rings. The summed E-state index contributed by atoms with van der Waals surface area (Å²) >= 11 is 6.22. The molecule has 0 aromatic heterocycles. The van der Waals surface area contributed by atoms with Crippen LogP contribution in [-0.4, -0.2) is 31.8 Å². The Hall–Kier alpha value is -1.26. The van der Waals surface area contributed by atoms with Crippen LogP contribution in [0.3, 0.4) is 0 Å². The van der Waals surface area contributed by atoms with Gasteiger partial charge in [0, 0.05) is 12.6 Å². The Labute approximate surface area is 130 Å². The predicted molar refractivity (Wildman–Crippen MR) is 84.1 cm³/mol. The van der Waals surface area contributed by atoms with Crippen LogP contribution in [-0.2, 0) is 9.47 Å². The number of ether oxygens (including phenoxy) is 2. The molecular formula is C16H22ClNO3. The zero-order valence-corrected chi connectivity index (χ0v) is 13.3. The van der Waals surface area contributed by atoms with Gasteiger partial charge in [-0.25, -0.2) is 4.79 Å². The molecule has 5 heteroatoms. The van der Waals surface area contributed by atoms with E-state index in [4.69, 9.17) is 21.1 Å². The number of benzene rings is 1. The molecule has 0 amide bonds. The van der Waals surface area contributed by atoms with Gasteiger partial charge in [-0.3, -0.25) is 0 Å². The maximum absolute atomic E-state index is 11.6. The molecule has 1 aromatic carbocycles. The fraction of sp³-hybridized carbons (Fsp3) is 0.562. The number of carbonyl (C=O) groups excluding carboxylic acids is 1. The van der Waals surface area contributed by atoms with Crippen molar-refractivity contribution >= 4 is 23.3 Å². The number of esters is 1. The van der Waals surface area contributed by atoms with E-state index < -0.39 is 0 Å². The molecule has 116 valence electrons. The van der Waals surface area contributed by atoms with E-state index in [2.05, 4.69) is 12.2 Å². The normalized spacial score (nSPS) is 21.9. The lowest BCUT2D eigenvalue weighted by molar-refractivity contribution is 0.00597. The monoisotopic (exact) mass is 311 g/mol. The Balaban J connectivity index is 2.06. The topological polar surface area (TPSA) is 47.6 Å². The van der Waals surface area contributed by atoms with Crippen molar-refractivity contribution in [1.29, 1.82) is 0 Å². The Bertz CT molecular complexity index is 490. The van der Waals surface area contributed by atoms with Gasteiger partial charge in [-0.15, -0.1) is 0 Å². The van der Waals surface area contributed by atoms with Gasteiger partial charge in [0.1, 0.15) is 0 Å². The predicted octanol–water partition coefficient (Wildman–Crippen LogP) is 3.89. The summed E-state index contributed by atoms with van der Waals surface area (Å²) in [6.07, 6.45) is 4.42. The minimum absolute atomic E-state index is 0.309. The summed E-state index contributed by atoms with van der Waals surface area (Å²) in [4.78, 5) is 11.6. The number of hydrogen-bond acceptors (Lipinski definition) is 4. The van der Waals surface area contributed by atoms with Crippen LogP contribution in [0.15, 0.2) is 18.2 Å². The Kier molecular flexibility index (Phi) is 5.88. The highest BCUT2D eigenvalue weighted by molar-refractivity contribution is 6.33. The highest BCUT2D eigenvalue weighted by Gasteiger charge is 2.22. The maximum atomic E-state index is 11.6. The molecule has 0 saturated carbocycles. The zero-order valence-electron chi connectivity index (χ0n) is 12.5. The van der Waals surface area contributed by atoms with Crippen molar-refractivity contribution in [3.8, 4) is 0 Å². The first-order chi connectivity index (χ1) is 10.1. The molecule has 0 aliphatic carbocycles. The van der Waals surface area contributed by atoms with Crippen LogP contribution in [0.25, 0.3) is 0 Å². The molecule has 21 heavy (non-hydrogen) atoms. The van der Waals surface area contributed by atoms with Gasteiger partial charge in [0.25, 0.3) is 0 Å². The van der Waals surface area contributed by atoms with Gasteiger partial charge in [-0.05, 0) is 37.5 Å². The van der Waals surface area contributed by atoms with Crippen molar-refractivity contribution in [3.05, 3.63) is 28.8 Å². The SMILES string of the molecule is CCCC1CC(Nc2cc(C(=O)OC)ccc2Cl)CCO1. The zero-order chi connectivity index (χ0) is 15.2. The lowest BCUT2D eigenvalue weighted by Gasteiger charge is -2.31. The molecule has 1 heterocycles. The summed E-state index contributed by atoms with van der Waals surface area (Å²) in [6.45, 7) is 2.92. The van der Waals surface area contributed by atoms with Crippen molar-refractivity contribution in [2.75, 3.05) is 19.0 Å². The molecule has 2 rings (SSSR count). The molecule has 4 nitrogen and oxygen atoms in total. The van der Waals surface area contributed by atoms with Crippen LogP contribution in [0.4, 0.5) is 5.69 Å². The third kappa shape index (κ3) is 4.35. The lowest BCUT2D eigenvalue weighted by Crippen LogP contribution is -2.34. The smallest absolute Gasteiger partial charge is 0.337 e. The van der Waals surface area contributed by atoms with Gasteiger partial charge in [-0.2, -0.15) is 0 Å². The second kappa shape index (κ2) is 7.66. The van der Waals surface area contributed by atoms with Crippen LogP contribution >= 0.6 is 11.6 Å². The van der Waals surface area contributed by atoms with E-state index in [1.54, 1.807) is 18.2 Å². The molecule has 0 spiro atoms. The number of methoxy groups -OCH3 is 1. The van der Waals surface area contributed by atoms with E-state index in [0.29, 0.717) is 22.7 Å². The van der Waals surface area contributed by atoms with Crippen molar-refractivity contribution < 1.29 is 14.3 Å². The summed E-state index contributed by atoms with van der Waals surface area (Å²) < 4.78 is 10.5. The highest BCUT2D eigenvalue weighted by atomic mass is 35.5. The molecule has 1 N–H and O–H groups in total. The average molecular weight is 312 g/mol. The first kappa shape index (κ1) is 16.1. The quantitative estimate of drug-likeness (QED) is 0.838. The number of hydrogen-bond donors (Lipinski definition) is 1. The van der Waals surface area contributed by atoms with Gasteiger partial charge in [0.15, 0.2) is 0 Å². The molecule has 2 atom stereocenters. The molecule has 1 aliphatic heterocycles. The molecule has 2 unspecified atom stereocenters. The number of nitrogens with one attached hydrogen (secondary N) is 1. The summed E-state index contributed by atoms with van der Waals surface area (Å²) in [6, 6.07) is 5.46. The Morgan fingerprint density at radius 2 is 2.33 bits per heavy atom. The first-order valence-electron chi connectivity index (χ1n) is 7.40. The van der Waals surface area contributed by atoms with Crippen molar-refractivity contribution in [1.82, 2.24) is 0 Å². The third-order valence-electron chi connectivity index (χ3n) is 3.73. The maximum Gasteiger partial charge on any atom is 0.337 e. The minimum Gasteiger partial charge on any atom is -0.465 e. The minimum atomic E-state index is -0.356. The van der Waals surface area contributed by atoms with E-state index in [1.807, 2.05) is 0 Å². The van der Waals surface area contributed by atoms with Crippen LogP contribution in [0.2, 0.25) is 5.02 Å². The summed E-state index contributed by atoms with van der Waals surface area (Å²) in [5.74, 6) is -0.356. The molecule has 1 saturated heterocycles. The van der Waals surface area contributed by atoms with Gasteiger partial charge >= 0.3 is 5.97 Å². The van der Waals surface area contributed by atoms with Crippen molar-refractivity contribution in [2.45, 2.75) is 44.8 Å². The first-order valence-corrected chi connectivity index (χ1v) is 7.77. The van der Waals surface area contributed by atoms with E-state index in [1.165, 1.54) is 7.11 Å². The fourth-order valence-corrected chi connectivity index (χ4v) is 2.81. The average Bonchev–Trinajstić information content (AvgIpc) is 2.49. The van der Waals surface area contributed by atoms with E-state index in [0.717, 1.165) is 38.0 Å². The number of anilines is 1. The Morgan fingerprint density at radius 3 is 3.05 bits per heavy atom. The Morgan fingerprint density at radius 1 is 1.52 bits per heavy atom. The largest absolute Gasteiger partial charge is 0.465 e. The number of halogens is 1. The molecule has 1 aromatic rings. The highest BCUT2D eigenvalue weighted by Crippen LogP contribution is 2.27. The second-order valence-corrected chi connectivity index (χ2v) is 5.74. The molecule has 0 bridgehead atoms. The van der Waals surface area contributed by atoms with Gasteiger partial charge in [0.2, 0.25) is 0 Å². The van der Waals surface area contributed by atoms with E-state index in [-0.39, 0.29) is 5.97 Å². The summed E-state index contributed by atoms with van der Waals surface area (Å²) in [7, 11) is 1.37. The van der Waals surface area contributed by atoms with Gasteiger partial charge in [-0.1, -0.05) is 24.9 Å². The molecular weight excluding hydrogens is 290 g/mol. The number of rotatable bonds is 5. The van der Waals surface area contributed by atoms with Gasteiger partial charge < -0.3 is 14.8 Å². The van der Waals surface area contributed by atoms with Gasteiger partial charge in [0.05, 0.1) is 29.5 Å². The lowest BCUT2D eigenvalue weighted by atomic mass is 9.99. The van der Waals surface area contributed by atoms with E-state index >= 15 is 0 Å². The standard InChI is InChI=1S/C16H22ClNO3/c1-3-4-13-10-12(7-8-21-13)18-15-9-11(16(19)20-2)5-6-14(15)17/h5-6,9,12-13,18H,3-4,7-8,10H2,1-2H3. The van der Waals surface area contributed by atoms with Crippen LogP contribution in [0.5, 0.6) is 0 Å². The van der Waals surface area contributed by atoms with Crippen LogP contribution in [0.1, 0.15) is 43.0 Å². The number of carbonyl (C=O) groups is 1. The van der Waals surface area contributed by atoms with Crippen LogP contribution < -0.4 is 5.32 Å². The van der Waals surface area contributed by atoms with Crippen LogP contribution in [0, 0.1) is 0 Å². The van der Waals surface area contributed by atoms with E-state index in [9.17, 15) is 4.79 Å². The third-order valence-corrected chi connectivity index (χ3v) is 4.05. The fourth-order valence-electron chi connectivity index (χ4n) is 2.64. The van der Waals surface area contributed by atoms with Crippen molar-refractivity contribution in [2.24, 2.45) is 0 Å². The van der Waals surface area contributed by atoms with Crippen molar-refractivity contribution in [3.63, 3.8) is 0 Å². The molecule has 0 radical (unpaired) electrons. The summed E-state index contributed by atoms with van der Waals surface area (Å²) in [5.41, 5.74) is 1.28.